The van der Waals surface area contributed by atoms with E-state index in [0.29, 0.717) is 17.5 Å². The number of nitrogens with zero attached hydrogens (tertiary/aromatic N) is 3. The molecule has 0 aliphatic heterocycles. The number of rotatable bonds is 6. The van der Waals surface area contributed by atoms with Crippen molar-refractivity contribution in [3.63, 3.8) is 0 Å². The largest absolute Gasteiger partial charge is 0.456 e. The molecule has 4 nitrogen and oxygen atoms in total. The fourth-order valence-corrected chi connectivity index (χ4v) is 8.11. The molecule has 0 radical (unpaired) electrons. The summed E-state index contributed by atoms with van der Waals surface area (Å²) in [5.41, 5.74) is 11.2. The minimum atomic E-state index is 0.590. The van der Waals surface area contributed by atoms with Crippen LogP contribution in [0.4, 0.5) is 0 Å². The van der Waals surface area contributed by atoms with Crippen LogP contribution in [0, 0.1) is 0 Å². The summed E-state index contributed by atoms with van der Waals surface area (Å²) in [6.45, 7) is 0. The molecule has 0 bridgehead atoms. The van der Waals surface area contributed by atoms with Crippen LogP contribution < -0.4 is 0 Å². The Morgan fingerprint density at radius 1 is 0.281 bits per heavy atom. The maximum Gasteiger partial charge on any atom is 0.164 e. The van der Waals surface area contributed by atoms with Gasteiger partial charge in [-0.15, -0.1) is 0 Å². The van der Waals surface area contributed by atoms with E-state index in [1.165, 1.54) is 27.1 Å². The average molecular weight is 728 g/mol. The van der Waals surface area contributed by atoms with Crippen molar-refractivity contribution in [2.24, 2.45) is 0 Å². The van der Waals surface area contributed by atoms with E-state index in [2.05, 4.69) is 176 Å². The van der Waals surface area contributed by atoms with Gasteiger partial charge in [0.15, 0.2) is 17.5 Å². The Bertz CT molecular complexity index is 3160. The van der Waals surface area contributed by atoms with E-state index in [9.17, 15) is 0 Å². The number of hydrogen-bond donors (Lipinski definition) is 0. The second kappa shape index (κ2) is 13.6. The van der Waals surface area contributed by atoms with Crippen LogP contribution in [0.2, 0.25) is 0 Å². The first-order valence-corrected chi connectivity index (χ1v) is 19.2. The Balaban J connectivity index is 1.06. The Labute approximate surface area is 329 Å². The van der Waals surface area contributed by atoms with Gasteiger partial charge in [-0.05, 0) is 79.2 Å². The highest BCUT2D eigenvalue weighted by Crippen LogP contribution is 2.41. The molecule has 0 N–H and O–H groups in total. The number of furan rings is 1. The molecule has 0 saturated carbocycles. The van der Waals surface area contributed by atoms with Crippen LogP contribution in [0.5, 0.6) is 0 Å². The predicted octanol–water partition coefficient (Wildman–Crippen LogP) is 14.1. The van der Waals surface area contributed by atoms with E-state index >= 15 is 0 Å². The van der Waals surface area contributed by atoms with Crippen LogP contribution in [-0.4, -0.2) is 15.0 Å². The van der Waals surface area contributed by atoms with E-state index in [0.717, 1.165) is 66.4 Å². The molecule has 0 aliphatic carbocycles. The molecule has 0 saturated heterocycles. The molecule has 0 spiro atoms. The smallest absolute Gasteiger partial charge is 0.164 e. The molecular formula is C53H33N3O. The van der Waals surface area contributed by atoms with Gasteiger partial charge in [-0.25, -0.2) is 15.0 Å². The topological polar surface area (TPSA) is 51.8 Å². The highest BCUT2D eigenvalue weighted by Gasteiger charge is 2.19. The molecule has 11 aromatic rings. The van der Waals surface area contributed by atoms with Crippen molar-refractivity contribution in [3.05, 3.63) is 200 Å². The van der Waals surface area contributed by atoms with Crippen molar-refractivity contribution in [2.45, 2.75) is 0 Å². The lowest BCUT2D eigenvalue weighted by Crippen LogP contribution is -2.00. The summed E-state index contributed by atoms with van der Waals surface area (Å²) < 4.78 is 6.65. The van der Waals surface area contributed by atoms with Gasteiger partial charge >= 0.3 is 0 Å². The summed E-state index contributed by atoms with van der Waals surface area (Å²) in [5.74, 6) is 1.81. The SMILES string of the molecule is c1ccc(-c2ccc(-c3nc(-c4ccc(-c5ccccc5)cc4)nc(-c4cccc5oc6cc(-c7cc8ccccc8c8ccccc78)ccc6c45)n3)cc2)cc1. The van der Waals surface area contributed by atoms with Crippen molar-refractivity contribution in [1.29, 1.82) is 0 Å². The van der Waals surface area contributed by atoms with Crippen molar-refractivity contribution in [2.75, 3.05) is 0 Å². The van der Waals surface area contributed by atoms with E-state index < -0.39 is 0 Å². The zero-order chi connectivity index (χ0) is 37.7. The monoisotopic (exact) mass is 727 g/mol. The Kier molecular flexibility index (Phi) is 7.78. The van der Waals surface area contributed by atoms with Gasteiger partial charge in [-0.1, -0.05) is 176 Å². The summed E-state index contributed by atoms with van der Waals surface area (Å²) in [6, 6.07) is 69.9. The maximum absolute atomic E-state index is 6.65. The lowest BCUT2D eigenvalue weighted by Gasteiger charge is -2.11. The highest BCUT2D eigenvalue weighted by molar-refractivity contribution is 6.16. The van der Waals surface area contributed by atoms with Gasteiger partial charge in [0.2, 0.25) is 0 Å². The van der Waals surface area contributed by atoms with Crippen molar-refractivity contribution in [3.8, 4) is 67.5 Å². The molecule has 2 heterocycles. The second-order valence-corrected chi connectivity index (χ2v) is 14.4. The van der Waals surface area contributed by atoms with Crippen LogP contribution >= 0.6 is 0 Å². The zero-order valence-corrected chi connectivity index (χ0v) is 30.8. The standard InChI is InChI=1S/C53H33N3O/c1-3-12-34(13-4-1)36-22-26-38(27-23-36)51-54-52(39-28-24-37(25-29-39)35-14-5-2-6-15-35)56-53(55-51)46-20-11-21-48-50(46)45-31-30-41(33-49(45)57-48)47-32-40-16-7-8-17-42(40)43-18-9-10-19-44(43)47/h1-33H. The Morgan fingerprint density at radius 3 is 1.44 bits per heavy atom. The molecule has 0 fully saturated rings. The summed E-state index contributed by atoms with van der Waals surface area (Å²) in [5, 5.41) is 6.90. The lowest BCUT2D eigenvalue weighted by atomic mass is 9.93. The molecule has 0 atom stereocenters. The molecule has 0 unspecified atom stereocenters. The highest BCUT2D eigenvalue weighted by atomic mass is 16.3. The molecule has 4 heteroatoms. The van der Waals surface area contributed by atoms with Crippen LogP contribution in [-0.2, 0) is 0 Å². The first-order valence-electron chi connectivity index (χ1n) is 19.2. The van der Waals surface area contributed by atoms with Gasteiger partial charge in [-0.2, -0.15) is 0 Å². The third-order valence-corrected chi connectivity index (χ3v) is 11.0. The minimum absolute atomic E-state index is 0.590. The molecule has 57 heavy (non-hydrogen) atoms. The third kappa shape index (κ3) is 5.83. The van der Waals surface area contributed by atoms with Crippen molar-refractivity contribution < 1.29 is 4.42 Å². The third-order valence-electron chi connectivity index (χ3n) is 11.0. The number of fused-ring (bicyclic) bond motifs is 6. The van der Waals surface area contributed by atoms with E-state index in [4.69, 9.17) is 19.4 Å². The summed E-state index contributed by atoms with van der Waals surface area (Å²) in [7, 11) is 0. The van der Waals surface area contributed by atoms with E-state index in [-0.39, 0.29) is 0 Å². The van der Waals surface area contributed by atoms with E-state index in [1.807, 2.05) is 24.3 Å². The molecule has 9 aromatic carbocycles. The first-order chi connectivity index (χ1) is 28.2. The maximum atomic E-state index is 6.65. The van der Waals surface area contributed by atoms with Gasteiger partial charge in [0.05, 0.1) is 0 Å². The van der Waals surface area contributed by atoms with Gasteiger partial charge in [-0.3, -0.25) is 0 Å². The van der Waals surface area contributed by atoms with Crippen LogP contribution in [0.15, 0.2) is 205 Å². The lowest BCUT2D eigenvalue weighted by molar-refractivity contribution is 0.669. The van der Waals surface area contributed by atoms with Gasteiger partial charge < -0.3 is 4.42 Å². The zero-order valence-electron chi connectivity index (χ0n) is 30.8. The fourth-order valence-electron chi connectivity index (χ4n) is 8.11. The summed E-state index contributed by atoms with van der Waals surface area (Å²) in [6.07, 6.45) is 0. The molecule has 0 amide bonds. The van der Waals surface area contributed by atoms with Crippen LogP contribution in [0.1, 0.15) is 0 Å². The van der Waals surface area contributed by atoms with Gasteiger partial charge in [0.1, 0.15) is 11.2 Å². The van der Waals surface area contributed by atoms with Crippen LogP contribution in [0.25, 0.3) is 111 Å². The predicted molar refractivity (Wildman–Crippen MR) is 235 cm³/mol. The Morgan fingerprint density at radius 2 is 0.789 bits per heavy atom. The molecule has 0 aliphatic rings. The number of hydrogen-bond acceptors (Lipinski definition) is 4. The molecule has 2 aromatic heterocycles. The van der Waals surface area contributed by atoms with Crippen molar-refractivity contribution >= 4 is 43.5 Å². The van der Waals surface area contributed by atoms with Gasteiger partial charge in [0.25, 0.3) is 0 Å². The van der Waals surface area contributed by atoms with E-state index in [1.54, 1.807) is 0 Å². The molecule has 266 valence electrons. The molecule has 11 rings (SSSR count). The minimum Gasteiger partial charge on any atom is -0.456 e. The quantitative estimate of drug-likeness (QED) is 0.160. The average Bonchev–Trinajstić information content (AvgIpc) is 3.68. The summed E-state index contributed by atoms with van der Waals surface area (Å²) >= 11 is 0. The number of benzene rings is 9. The van der Waals surface area contributed by atoms with Crippen molar-refractivity contribution in [1.82, 2.24) is 15.0 Å². The second-order valence-electron chi connectivity index (χ2n) is 14.4. The number of aromatic nitrogens is 3. The fraction of sp³-hybridized carbons (Fsp3) is 0. The summed E-state index contributed by atoms with van der Waals surface area (Å²) in [4.78, 5) is 15.4. The van der Waals surface area contributed by atoms with Crippen LogP contribution in [0.3, 0.4) is 0 Å². The normalized spacial score (nSPS) is 11.5. The first kappa shape index (κ1) is 32.7. The Hall–Kier alpha value is -7.69. The molecular weight excluding hydrogens is 695 g/mol. The van der Waals surface area contributed by atoms with Gasteiger partial charge in [0, 0.05) is 27.5 Å².